The molecular formula is C16H19ClN6O2. The fourth-order valence-electron chi connectivity index (χ4n) is 3.23. The number of rotatable bonds is 4. The third-order valence-electron chi connectivity index (χ3n) is 4.68. The number of carbonyl (C=O) groups is 2. The maximum Gasteiger partial charge on any atom is 0.256 e. The zero-order valence-electron chi connectivity index (χ0n) is 13.8. The summed E-state index contributed by atoms with van der Waals surface area (Å²) in [4.78, 5) is 27.1. The van der Waals surface area contributed by atoms with Gasteiger partial charge in [-0.05, 0) is 25.7 Å². The number of hydrogen-bond acceptors (Lipinski definition) is 4. The smallest absolute Gasteiger partial charge is 0.256 e. The molecule has 2 fully saturated rings. The van der Waals surface area contributed by atoms with Gasteiger partial charge in [0.1, 0.15) is 6.04 Å². The second kappa shape index (κ2) is 6.18. The van der Waals surface area contributed by atoms with Crippen LogP contribution in [0, 0.1) is 0 Å². The lowest BCUT2D eigenvalue weighted by atomic mass is 10.0. The number of aryl methyl sites for hydroxylation is 1. The van der Waals surface area contributed by atoms with Crippen molar-refractivity contribution in [3.05, 3.63) is 28.7 Å². The van der Waals surface area contributed by atoms with Crippen LogP contribution in [0.4, 0.5) is 5.82 Å². The summed E-state index contributed by atoms with van der Waals surface area (Å²) in [7, 11) is 1.80. The van der Waals surface area contributed by atoms with Crippen molar-refractivity contribution in [1.29, 1.82) is 0 Å². The first kappa shape index (κ1) is 16.1. The average Bonchev–Trinajstić information content (AvgIpc) is 3.22. The largest absolute Gasteiger partial charge is 0.340 e. The van der Waals surface area contributed by atoms with E-state index < -0.39 is 6.04 Å². The summed E-state index contributed by atoms with van der Waals surface area (Å²) in [6.07, 6.45) is 5.23. The molecule has 1 aliphatic carbocycles. The third-order valence-corrected chi connectivity index (χ3v) is 4.96. The van der Waals surface area contributed by atoms with Gasteiger partial charge in [-0.15, -0.1) is 0 Å². The first-order valence-corrected chi connectivity index (χ1v) is 8.78. The van der Waals surface area contributed by atoms with Crippen molar-refractivity contribution >= 4 is 29.2 Å². The minimum Gasteiger partial charge on any atom is -0.340 e. The Morgan fingerprint density at radius 2 is 2.20 bits per heavy atom. The Labute approximate surface area is 149 Å². The predicted molar refractivity (Wildman–Crippen MR) is 91.6 cm³/mol. The van der Waals surface area contributed by atoms with Gasteiger partial charge in [0.05, 0.1) is 11.3 Å². The van der Waals surface area contributed by atoms with E-state index in [1.54, 1.807) is 28.9 Å². The molecule has 8 nitrogen and oxygen atoms in total. The molecule has 2 aromatic heterocycles. The minimum atomic E-state index is -0.582. The summed E-state index contributed by atoms with van der Waals surface area (Å²) < 4.78 is 1.65. The molecule has 4 rings (SSSR count). The van der Waals surface area contributed by atoms with Gasteiger partial charge in [-0.3, -0.25) is 24.3 Å². The maximum absolute atomic E-state index is 12.8. The fourth-order valence-corrected chi connectivity index (χ4v) is 3.46. The first-order valence-electron chi connectivity index (χ1n) is 8.40. The van der Waals surface area contributed by atoms with Crippen molar-refractivity contribution in [2.45, 2.75) is 37.6 Å². The van der Waals surface area contributed by atoms with Crippen LogP contribution in [0.15, 0.2) is 12.3 Å². The number of piperidine rings is 1. The normalized spacial score (nSPS) is 20.8. The number of hydrogen-bond donors (Lipinski definition) is 2. The highest BCUT2D eigenvalue weighted by Gasteiger charge is 2.36. The van der Waals surface area contributed by atoms with Crippen molar-refractivity contribution in [2.24, 2.45) is 7.05 Å². The van der Waals surface area contributed by atoms with E-state index in [-0.39, 0.29) is 17.0 Å². The zero-order chi connectivity index (χ0) is 17.6. The number of anilines is 1. The van der Waals surface area contributed by atoms with Gasteiger partial charge >= 0.3 is 0 Å². The number of nitrogens with one attached hydrogen (secondary N) is 2. The van der Waals surface area contributed by atoms with Crippen LogP contribution in [-0.2, 0) is 11.8 Å². The molecule has 2 N–H and O–H groups in total. The van der Waals surface area contributed by atoms with Crippen molar-refractivity contribution < 1.29 is 9.59 Å². The maximum atomic E-state index is 12.8. The molecule has 132 valence electrons. The molecule has 9 heteroatoms. The van der Waals surface area contributed by atoms with Crippen molar-refractivity contribution in [2.75, 3.05) is 11.4 Å². The van der Waals surface area contributed by atoms with Gasteiger partial charge in [0.25, 0.3) is 11.8 Å². The molecule has 0 spiro atoms. The molecule has 0 radical (unpaired) electrons. The Morgan fingerprint density at radius 1 is 1.40 bits per heavy atom. The summed E-state index contributed by atoms with van der Waals surface area (Å²) in [5.74, 6) is 0.423. The highest BCUT2D eigenvalue weighted by Crippen LogP contribution is 2.41. The lowest BCUT2D eigenvalue weighted by Gasteiger charge is -2.31. The summed E-state index contributed by atoms with van der Waals surface area (Å²) in [6, 6.07) is 1.21. The monoisotopic (exact) mass is 362 g/mol. The Kier molecular flexibility index (Phi) is 3.99. The molecular weight excluding hydrogens is 344 g/mol. The molecule has 1 saturated heterocycles. The molecule has 3 heterocycles. The first-order chi connectivity index (χ1) is 12.0. The molecule has 2 aromatic rings. The van der Waals surface area contributed by atoms with E-state index in [0.717, 1.165) is 25.0 Å². The van der Waals surface area contributed by atoms with Crippen LogP contribution in [0.5, 0.6) is 0 Å². The van der Waals surface area contributed by atoms with E-state index >= 15 is 0 Å². The van der Waals surface area contributed by atoms with Crippen molar-refractivity contribution in [3.8, 4) is 0 Å². The predicted octanol–water partition coefficient (Wildman–Crippen LogP) is 1.60. The molecule has 25 heavy (non-hydrogen) atoms. The molecule has 0 aromatic carbocycles. The van der Waals surface area contributed by atoms with Crippen LogP contribution in [0.3, 0.4) is 0 Å². The molecule has 2 amide bonds. The van der Waals surface area contributed by atoms with Crippen LogP contribution in [-0.4, -0.2) is 44.4 Å². The molecule has 0 bridgehead atoms. The number of carbonyl (C=O) groups excluding carboxylic acids is 2. The Morgan fingerprint density at radius 3 is 2.88 bits per heavy atom. The highest BCUT2D eigenvalue weighted by molar-refractivity contribution is 6.33. The van der Waals surface area contributed by atoms with Gasteiger partial charge in [0.15, 0.2) is 11.0 Å². The third kappa shape index (κ3) is 3.02. The number of H-pyrrole nitrogens is 1. The molecule has 1 aliphatic heterocycles. The van der Waals surface area contributed by atoms with Crippen LogP contribution < -0.4 is 10.2 Å². The summed E-state index contributed by atoms with van der Waals surface area (Å²) in [5, 5.41) is 14.1. The lowest BCUT2D eigenvalue weighted by molar-refractivity contribution is -0.121. The number of nitrogens with zero attached hydrogens (tertiary/aromatic N) is 4. The summed E-state index contributed by atoms with van der Waals surface area (Å²) in [5.41, 5.74) is 1.14. The van der Waals surface area contributed by atoms with E-state index in [9.17, 15) is 9.59 Å². The van der Waals surface area contributed by atoms with Crippen LogP contribution in [0.2, 0.25) is 5.15 Å². The Hall–Kier alpha value is -2.35. The topological polar surface area (TPSA) is 95.9 Å². The number of amides is 2. The van der Waals surface area contributed by atoms with Gasteiger partial charge in [0, 0.05) is 31.8 Å². The van der Waals surface area contributed by atoms with Gasteiger partial charge < -0.3 is 5.32 Å². The van der Waals surface area contributed by atoms with Crippen LogP contribution in [0.1, 0.15) is 47.7 Å². The second-order valence-corrected chi connectivity index (χ2v) is 6.94. The molecule has 1 saturated carbocycles. The lowest BCUT2D eigenvalue weighted by Crippen LogP contribution is -2.52. The minimum absolute atomic E-state index is 0.147. The Balaban J connectivity index is 1.51. The van der Waals surface area contributed by atoms with E-state index in [4.69, 9.17) is 11.6 Å². The standard InChI is InChI=1S/C16H19ClN6O2/c1-22-8-6-11(21-22)23-7-2-3-10(16(23)25)18-15(24)12-13(9-4-5-9)19-20-14(12)17/h6,8-10H,2-5,7H2,1H3,(H,18,24)(H,19,20). The molecule has 1 atom stereocenters. The zero-order valence-corrected chi connectivity index (χ0v) is 14.6. The number of halogens is 1. The van der Waals surface area contributed by atoms with E-state index in [2.05, 4.69) is 20.6 Å². The van der Waals surface area contributed by atoms with E-state index in [0.29, 0.717) is 30.3 Å². The Bertz CT molecular complexity index is 824. The van der Waals surface area contributed by atoms with Crippen molar-refractivity contribution in [1.82, 2.24) is 25.3 Å². The van der Waals surface area contributed by atoms with Gasteiger partial charge in [-0.1, -0.05) is 11.6 Å². The molecule has 2 aliphatic rings. The van der Waals surface area contributed by atoms with Crippen LogP contribution >= 0.6 is 11.6 Å². The number of aromatic nitrogens is 4. The fraction of sp³-hybridized carbons (Fsp3) is 0.500. The second-order valence-electron chi connectivity index (χ2n) is 6.58. The van der Waals surface area contributed by atoms with E-state index in [1.807, 2.05) is 0 Å². The quantitative estimate of drug-likeness (QED) is 0.863. The summed E-state index contributed by atoms with van der Waals surface area (Å²) in [6.45, 7) is 0.599. The SMILES string of the molecule is Cn1ccc(N2CCCC(NC(=O)c3c(Cl)n[nH]c3C3CC3)C2=O)n1. The molecule has 1 unspecified atom stereocenters. The number of aromatic amines is 1. The van der Waals surface area contributed by atoms with Crippen LogP contribution in [0.25, 0.3) is 0 Å². The van der Waals surface area contributed by atoms with Gasteiger partial charge in [-0.25, -0.2) is 0 Å². The van der Waals surface area contributed by atoms with Gasteiger partial charge in [0.2, 0.25) is 0 Å². The summed E-state index contributed by atoms with van der Waals surface area (Å²) >= 11 is 6.08. The average molecular weight is 363 g/mol. The van der Waals surface area contributed by atoms with Crippen molar-refractivity contribution in [3.63, 3.8) is 0 Å². The van der Waals surface area contributed by atoms with E-state index in [1.165, 1.54) is 0 Å². The highest BCUT2D eigenvalue weighted by atomic mass is 35.5. The van der Waals surface area contributed by atoms with Gasteiger partial charge in [-0.2, -0.15) is 10.2 Å².